The molecule has 0 aromatic carbocycles. The van der Waals surface area contributed by atoms with E-state index in [-0.39, 0.29) is 11.4 Å². The van der Waals surface area contributed by atoms with Crippen LogP contribution in [0.15, 0.2) is 0 Å². The van der Waals surface area contributed by atoms with Crippen LogP contribution >= 0.6 is 0 Å². The van der Waals surface area contributed by atoms with Gasteiger partial charge in [0.2, 0.25) is 5.91 Å². The second-order valence-electron chi connectivity index (χ2n) is 6.29. The highest BCUT2D eigenvalue weighted by Crippen LogP contribution is 2.21. The smallest absolute Gasteiger partial charge is 0.237 e. The highest BCUT2D eigenvalue weighted by atomic mass is 16.2. The van der Waals surface area contributed by atoms with Crippen molar-refractivity contribution in [3.63, 3.8) is 0 Å². The van der Waals surface area contributed by atoms with Crippen LogP contribution in [0.1, 0.15) is 27.7 Å². The second kappa shape index (κ2) is 5.36. The summed E-state index contributed by atoms with van der Waals surface area (Å²) in [7, 11) is 3.88. The number of nitrogens with zero attached hydrogens (tertiary/aromatic N) is 2. The maximum atomic E-state index is 12.2. The number of carbonyl (C=O) groups is 1. The lowest BCUT2D eigenvalue weighted by Crippen LogP contribution is -2.65. The number of hydrogen-bond donors (Lipinski definition) is 1. The molecule has 1 heterocycles. The second-order valence-corrected chi connectivity index (χ2v) is 6.29. The molecule has 0 saturated carbocycles. The average molecular weight is 241 g/mol. The molecule has 1 aliphatic rings. The number of rotatable bonds is 3. The highest BCUT2D eigenvalue weighted by molar-refractivity contribution is 5.79. The first-order chi connectivity index (χ1) is 7.74. The van der Waals surface area contributed by atoms with Gasteiger partial charge >= 0.3 is 0 Å². The van der Waals surface area contributed by atoms with Gasteiger partial charge in [-0.05, 0) is 33.9 Å². The molecule has 4 nitrogen and oxygen atoms in total. The van der Waals surface area contributed by atoms with E-state index in [1.54, 1.807) is 0 Å². The summed E-state index contributed by atoms with van der Waals surface area (Å²) in [6, 6.07) is 0.411. The number of hydrogen-bond acceptors (Lipinski definition) is 3. The Hall–Kier alpha value is -0.610. The van der Waals surface area contributed by atoms with Gasteiger partial charge in [0.05, 0.1) is 6.54 Å². The molecule has 0 bridgehead atoms. The number of piperazine rings is 1. The van der Waals surface area contributed by atoms with Gasteiger partial charge in [-0.2, -0.15) is 0 Å². The zero-order valence-electron chi connectivity index (χ0n) is 12.1. The summed E-state index contributed by atoms with van der Waals surface area (Å²) < 4.78 is 0. The molecule has 1 fully saturated rings. The van der Waals surface area contributed by atoms with Crippen molar-refractivity contribution < 1.29 is 4.79 Å². The Morgan fingerprint density at radius 2 is 2.06 bits per heavy atom. The molecule has 100 valence electrons. The van der Waals surface area contributed by atoms with Gasteiger partial charge in [0, 0.05) is 24.7 Å². The molecular formula is C13H27N3O. The molecular weight excluding hydrogens is 214 g/mol. The van der Waals surface area contributed by atoms with E-state index in [2.05, 4.69) is 33.0 Å². The standard InChI is InChI=1S/C13H27N3O/c1-10(2)11-7-16(12(17)8-15(5)6)13(3,4)9-14-11/h10-11,14H,7-9H2,1-6H3. The van der Waals surface area contributed by atoms with Crippen molar-refractivity contribution in [2.24, 2.45) is 5.92 Å². The van der Waals surface area contributed by atoms with Gasteiger partial charge in [-0.25, -0.2) is 0 Å². The van der Waals surface area contributed by atoms with E-state index in [0.29, 0.717) is 18.5 Å². The molecule has 4 heteroatoms. The first-order valence-electron chi connectivity index (χ1n) is 6.42. The Bertz CT molecular complexity index is 274. The predicted octanol–water partition coefficient (Wildman–Crippen LogP) is 0.783. The first kappa shape index (κ1) is 14.5. The van der Waals surface area contributed by atoms with Crippen molar-refractivity contribution in [2.45, 2.75) is 39.3 Å². The van der Waals surface area contributed by atoms with E-state index >= 15 is 0 Å². The number of amides is 1. The monoisotopic (exact) mass is 241 g/mol. The van der Waals surface area contributed by atoms with Crippen molar-refractivity contribution in [2.75, 3.05) is 33.7 Å². The molecule has 1 unspecified atom stereocenters. The van der Waals surface area contributed by atoms with Crippen molar-refractivity contribution in [1.29, 1.82) is 0 Å². The van der Waals surface area contributed by atoms with Crippen LogP contribution in [0.5, 0.6) is 0 Å². The van der Waals surface area contributed by atoms with E-state index in [9.17, 15) is 4.79 Å². The van der Waals surface area contributed by atoms with E-state index in [0.717, 1.165) is 13.1 Å². The maximum Gasteiger partial charge on any atom is 0.237 e. The Morgan fingerprint density at radius 1 is 1.47 bits per heavy atom. The van der Waals surface area contributed by atoms with E-state index in [4.69, 9.17) is 0 Å². The van der Waals surface area contributed by atoms with E-state index in [1.807, 2.05) is 23.9 Å². The largest absolute Gasteiger partial charge is 0.334 e. The fourth-order valence-corrected chi connectivity index (χ4v) is 2.23. The lowest BCUT2D eigenvalue weighted by molar-refractivity contribution is -0.139. The minimum absolute atomic E-state index is 0.0848. The molecule has 1 rings (SSSR count). The molecule has 0 aromatic heterocycles. The van der Waals surface area contributed by atoms with Gasteiger partial charge in [-0.15, -0.1) is 0 Å². The van der Waals surface area contributed by atoms with Crippen LogP contribution in [0.2, 0.25) is 0 Å². The number of nitrogens with one attached hydrogen (secondary N) is 1. The van der Waals surface area contributed by atoms with Crippen LogP contribution in [0, 0.1) is 5.92 Å². The van der Waals surface area contributed by atoms with Gasteiger partial charge in [0.15, 0.2) is 0 Å². The van der Waals surface area contributed by atoms with Crippen molar-refractivity contribution in [3.05, 3.63) is 0 Å². The maximum absolute atomic E-state index is 12.2. The van der Waals surface area contributed by atoms with Gasteiger partial charge in [-0.1, -0.05) is 13.8 Å². The van der Waals surface area contributed by atoms with Crippen LogP contribution in [0.4, 0.5) is 0 Å². The van der Waals surface area contributed by atoms with Crippen LogP contribution in [0.25, 0.3) is 0 Å². The summed E-state index contributed by atoms with van der Waals surface area (Å²) in [4.78, 5) is 16.2. The van der Waals surface area contributed by atoms with Crippen molar-refractivity contribution >= 4 is 5.91 Å². The van der Waals surface area contributed by atoms with Crippen molar-refractivity contribution in [3.8, 4) is 0 Å². The third-order valence-electron chi connectivity index (χ3n) is 3.46. The molecule has 0 aromatic rings. The third-order valence-corrected chi connectivity index (χ3v) is 3.46. The molecule has 1 saturated heterocycles. The van der Waals surface area contributed by atoms with Crippen LogP contribution in [0.3, 0.4) is 0 Å². The zero-order valence-corrected chi connectivity index (χ0v) is 12.1. The summed E-state index contributed by atoms with van der Waals surface area (Å²) in [6.45, 7) is 10.8. The number of likely N-dealkylation sites (N-methyl/N-ethyl adjacent to an activating group) is 1. The SMILES string of the molecule is CC(C)C1CN(C(=O)CN(C)C)C(C)(C)CN1. The third kappa shape index (κ3) is 3.68. The van der Waals surface area contributed by atoms with Gasteiger partial charge < -0.3 is 15.1 Å². The molecule has 1 amide bonds. The van der Waals surface area contributed by atoms with Crippen LogP contribution in [-0.4, -0.2) is 61.0 Å². The average Bonchev–Trinajstić information content (AvgIpc) is 2.15. The Labute approximate surface area is 105 Å². The fourth-order valence-electron chi connectivity index (χ4n) is 2.23. The molecule has 0 spiro atoms. The minimum Gasteiger partial charge on any atom is -0.334 e. The van der Waals surface area contributed by atoms with Gasteiger partial charge in [0.25, 0.3) is 0 Å². The predicted molar refractivity (Wildman–Crippen MR) is 71.0 cm³/mol. The Morgan fingerprint density at radius 3 is 2.53 bits per heavy atom. The highest BCUT2D eigenvalue weighted by Gasteiger charge is 2.37. The molecule has 1 N–H and O–H groups in total. The fraction of sp³-hybridized carbons (Fsp3) is 0.923. The molecule has 0 aliphatic carbocycles. The summed E-state index contributed by atoms with van der Waals surface area (Å²) in [5.74, 6) is 0.785. The van der Waals surface area contributed by atoms with Crippen molar-refractivity contribution in [1.82, 2.24) is 15.1 Å². The lowest BCUT2D eigenvalue weighted by Gasteiger charge is -2.47. The molecule has 17 heavy (non-hydrogen) atoms. The van der Waals surface area contributed by atoms with Gasteiger partial charge in [-0.3, -0.25) is 4.79 Å². The quantitative estimate of drug-likeness (QED) is 0.793. The Kier molecular flexibility index (Phi) is 4.55. The molecule has 1 aliphatic heterocycles. The summed E-state index contributed by atoms with van der Waals surface area (Å²) in [5, 5.41) is 3.54. The number of carbonyl (C=O) groups excluding carboxylic acids is 1. The zero-order chi connectivity index (χ0) is 13.2. The first-order valence-corrected chi connectivity index (χ1v) is 6.42. The Balaban J connectivity index is 2.73. The topological polar surface area (TPSA) is 35.6 Å². The lowest BCUT2D eigenvalue weighted by atomic mass is 9.93. The summed E-state index contributed by atoms with van der Waals surface area (Å²) in [5.41, 5.74) is -0.0848. The van der Waals surface area contributed by atoms with Crippen LogP contribution < -0.4 is 5.32 Å². The van der Waals surface area contributed by atoms with E-state index in [1.165, 1.54) is 0 Å². The minimum atomic E-state index is -0.0848. The normalized spacial score (nSPS) is 24.5. The summed E-state index contributed by atoms with van der Waals surface area (Å²) in [6.07, 6.45) is 0. The molecule has 0 radical (unpaired) electrons. The van der Waals surface area contributed by atoms with E-state index < -0.39 is 0 Å². The van der Waals surface area contributed by atoms with Gasteiger partial charge in [0.1, 0.15) is 0 Å². The molecule has 1 atom stereocenters. The van der Waals surface area contributed by atoms with Crippen LogP contribution in [-0.2, 0) is 4.79 Å². The summed E-state index contributed by atoms with van der Waals surface area (Å²) >= 11 is 0.